The molecule has 2 aromatic carbocycles. The Morgan fingerprint density at radius 2 is 1.86 bits per heavy atom. The van der Waals surface area contributed by atoms with Gasteiger partial charge in [-0.1, -0.05) is 18.2 Å². The summed E-state index contributed by atoms with van der Waals surface area (Å²) in [5, 5.41) is 9.50. The lowest BCUT2D eigenvalue weighted by atomic mass is 10.0. The number of benzene rings is 2. The van der Waals surface area contributed by atoms with Gasteiger partial charge in [0.1, 0.15) is 11.5 Å². The Morgan fingerprint density at radius 1 is 1.09 bits per heavy atom. The largest absolute Gasteiger partial charge is 0.497 e. The fraction of sp³-hybridized carbons (Fsp3) is 0.167. The molecule has 0 saturated carbocycles. The Kier molecular flexibility index (Phi) is 4.84. The number of aryl methyl sites for hydroxylation is 1. The van der Waals surface area contributed by atoms with Gasteiger partial charge >= 0.3 is 5.97 Å². The van der Waals surface area contributed by atoms with Crippen LogP contribution in [0.2, 0.25) is 0 Å². The lowest BCUT2D eigenvalue weighted by Gasteiger charge is -2.09. The molecule has 0 spiro atoms. The van der Waals surface area contributed by atoms with Crippen LogP contribution in [0.15, 0.2) is 42.5 Å². The van der Waals surface area contributed by atoms with E-state index in [0.29, 0.717) is 11.3 Å². The van der Waals surface area contributed by atoms with E-state index >= 15 is 0 Å². The zero-order chi connectivity index (χ0) is 16.1. The lowest BCUT2D eigenvalue weighted by Crippen LogP contribution is -2.00. The minimum Gasteiger partial charge on any atom is -0.497 e. The van der Waals surface area contributed by atoms with Crippen LogP contribution in [-0.4, -0.2) is 25.3 Å². The van der Waals surface area contributed by atoms with E-state index in [-0.39, 0.29) is 5.57 Å². The highest BCUT2D eigenvalue weighted by atomic mass is 16.5. The SMILES string of the molecule is COc1cccc(/C=C(\C(=O)O)c2ccc(OC)c(C)c2)c1. The molecule has 1 N–H and O–H groups in total. The fourth-order valence-electron chi connectivity index (χ4n) is 2.21. The summed E-state index contributed by atoms with van der Waals surface area (Å²) < 4.78 is 10.4. The third-order valence-corrected chi connectivity index (χ3v) is 3.34. The Labute approximate surface area is 129 Å². The first-order valence-corrected chi connectivity index (χ1v) is 6.79. The molecular weight excluding hydrogens is 280 g/mol. The highest BCUT2D eigenvalue weighted by Gasteiger charge is 2.12. The van der Waals surface area contributed by atoms with Crippen LogP contribution in [0.1, 0.15) is 16.7 Å². The van der Waals surface area contributed by atoms with Crippen LogP contribution in [0.25, 0.3) is 11.6 Å². The van der Waals surface area contributed by atoms with Crippen molar-refractivity contribution in [1.82, 2.24) is 0 Å². The van der Waals surface area contributed by atoms with Crippen molar-refractivity contribution in [1.29, 1.82) is 0 Å². The van der Waals surface area contributed by atoms with Crippen LogP contribution in [0.4, 0.5) is 0 Å². The Hall–Kier alpha value is -2.75. The summed E-state index contributed by atoms with van der Waals surface area (Å²) in [5.41, 5.74) is 2.51. The topological polar surface area (TPSA) is 55.8 Å². The first-order valence-electron chi connectivity index (χ1n) is 6.79. The molecule has 0 radical (unpaired) electrons. The highest BCUT2D eigenvalue weighted by Crippen LogP contribution is 2.25. The minimum atomic E-state index is -0.979. The second-order valence-corrected chi connectivity index (χ2v) is 4.82. The van der Waals surface area contributed by atoms with Gasteiger partial charge in [0.05, 0.1) is 19.8 Å². The third kappa shape index (κ3) is 3.47. The van der Waals surface area contributed by atoms with Crippen LogP contribution in [0.3, 0.4) is 0 Å². The maximum Gasteiger partial charge on any atom is 0.336 e. The molecule has 2 aromatic rings. The van der Waals surface area contributed by atoms with Crippen molar-refractivity contribution in [3.8, 4) is 11.5 Å². The summed E-state index contributed by atoms with van der Waals surface area (Å²) in [5.74, 6) is 0.437. The van der Waals surface area contributed by atoms with Crippen molar-refractivity contribution < 1.29 is 19.4 Å². The van der Waals surface area contributed by atoms with Crippen molar-refractivity contribution in [2.24, 2.45) is 0 Å². The van der Waals surface area contributed by atoms with Gasteiger partial charge < -0.3 is 14.6 Å². The normalized spacial score (nSPS) is 11.1. The van der Waals surface area contributed by atoms with E-state index in [1.165, 1.54) is 0 Å². The molecule has 0 heterocycles. The predicted molar refractivity (Wildman–Crippen MR) is 86.2 cm³/mol. The molecule has 0 bridgehead atoms. The zero-order valence-corrected chi connectivity index (χ0v) is 12.8. The molecule has 0 fully saturated rings. The van der Waals surface area contributed by atoms with Gasteiger partial charge in [-0.2, -0.15) is 0 Å². The molecule has 22 heavy (non-hydrogen) atoms. The van der Waals surface area contributed by atoms with E-state index in [1.807, 2.05) is 25.1 Å². The van der Waals surface area contributed by atoms with Crippen molar-refractivity contribution in [2.75, 3.05) is 14.2 Å². The fourth-order valence-corrected chi connectivity index (χ4v) is 2.21. The maximum atomic E-state index is 11.6. The molecule has 0 atom stereocenters. The summed E-state index contributed by atoms with van der Waals surface area (Å²) in [6.45, 7) is 1.88. The Balaban J connectivity index is 2.47. The number of ether oxygens (including phenoxy) is 2. The summed E-state index contributed by atoms with van der Waals surface area (Å²) in [7, 11) is 3.17. The van der Waals surface area contributed by atoms with E-state index in [4.69, 9.17) is 9.47 Å². The summed E-state index contributed by atoms with van der Waals surface area (Å²) in [4.78, 5) is 11.6. The van der Waals surface area contributed by atoms with Crippen LogP contribution in [0.5, 0.6) is 11.5 Å². The van der Waals surface area contributed by atoms with E-state index in [0.717, 1.165) is 16.9 Å². The van der Waals surface area contributed by atoms with Crippen molar-refractivity contribution in [2.45, 2.75) is 6.92 Å². The van der Waals surface area contributed by atoms with Gasteiger partial charge in [0.25, 0.3) is 0 Å². The molecule has 0 aliphatic heterocycles. The second kappa shape index (κ2) is 6.80. The molecule has 0 aliphatic carbocycles. The second-order valence-electron chi connectivity index (χ2n) is 4.82. The summed E-state index contributed by atoms with van der Waals surface area (Å²) in [6, 6.07) is 12.6. The van der Waals surface area contributed by atoms with Crippen LogP contribution in [-0.2, 0) is 4.79 Å². The molecule has 0 aromatic heterocycles. The van der Waals surface area contributed by atoms with Gasteiger partial charge in [0.2, 0.25) is 0 Å². The standard InChI is InChI=1S/C18H18O4/c1-12-9-14(7-8-17(12)22-3)16(18(19)20)11-13-5-4-6-15(10-13)21-2/h4-11H,1-3H3,(H,19,20)/b16-11-. The highest BCUT2D eigenvalue weighted by molar-refractivity contribution is 6.20. The van der Waals surface area contributed by atoms with E-state index in [2.05, 4.69) is 0 Å². The van der Waals surface area contributed by atoms with E-state index in [1.54, 1.807) is 44.6 Å². The quantitative estimate of drug-likeness (QED) is 0.676. The van der Waals surface area contributed by atoms with Crippen molar-refractivity contribution in [3.63, 3.8) is 0 Å². The van der Waals surface area contributed by atoms with Crippen LogP contribution < -0.4 is 9.47 Å². The van der Waals surface area contributed by atoms with Gasteiger partial charge in [-0.3, -0.25) is 0 Å². The first-order chi connectivity index (χ1) is 10.5. The number of carbonyl (C=O) groups is 1. The first kappa shape index (κ1) is 15.6. The summed E-state index contributed by atoms with van der Waals surface area (Å²) >= 11 is 0. The average Bonchev–Trinajstić information content (AvgIpc) is 2.52. The summed E-state index contributed by atoms with van der Waals surface area (Å²) in [6.07, 6.45) is 1.63. The smallest absolute Gasteiger partial charge is 0.336 e. The molecule has 0 unspecified atom stereocenters. The Morgan fingerprint density at radius 3 is 2.45 bits per heavy atom. The predicted octanol–water partition coefficient (Wildman–Crippen LogP) is 3.64. The van der Waals surface area contributed by atoms with Gasteiger partial charge in [-0.05, 0) is 54.0 Å². The number of aliphatic carboxylic acids is 1. The minimum absolute atomic E-state index is 0.221. The molecule has 0 aliphatic rings. The molecule has 0 saturated heterocycles. The van der Waals surface area contributed by atoms with Crippen molar-refractivity contribution >= 4 is 17.6 Å². The molecule has 4 heteroatoms. The van der Waals surface area contributed by atoms with E-state index < -0.39 is 5.97 Å². The zero-order valence-electron chi connectivity index (χ0n) is 12.8. The Bertz CT molecular complexity index is 717. The van der Waals surface area contributed by atoms with Gasteiger partial charge in [-0.25, -0.2) is 4.79 Å². The lowest BCUT2D eigenvalue weighted by molar-refractivity contribution is -0.130. The van der Waals surface area contributed by atoms with Gasteiger partial charge in [0.15, 0.2) is 0 Å². The van der Waals surface area contributed by atoms with Crippen LogP contribution in [0, 0.1) is 6.92 Å². The van der Waals surface area contributed by atoms with Gasteiger partial charge in [0, 0.05) is 0 Å². The van der Waals surface area contributed by atoms with Crippen LogP contribution >= 0.6 is 0 Å². The maximum absolute atomic E-state index is 11.6. The molecule has 114 valence electrons. The van der Waals surface area contributed by atoms with Crippen molar-refractivity contribution in [3.05, 3.63) is 59.2 Å². The number of hydrogen-bond donors (Lipinski definition) is 1. The third-order valence-electron chi connectivity index (χ3n) is 3.34. The van der Waals surface area contributed by atoms with E-state index in [9.17, 15) is 9.90 Å². The molecular formula is C18H18O4. The molecule has 2 rings (SSSR count). The average molecular weight is 298 g/mol. The number of methoxy groups -OCH3 is 2. The molecule has 0 amide bonds. The number of carboxylic acids is 1. The molecule has 4 nitrogen and oxygen atoms in total. The van der Waals surface area contributed by atoms with Gasteiger partial charge in [-0.15, -0.1) is 0 Å². The number of hydrogen-bond acceptors (Lipinski definition) is 3. The number of rotatable bonds is 5. The number of carboxylic acid groups (broad SMARTS) is 1. The monoisotopic (exact) mass is 298 g/mol.